The number of para-hydroxylation sites is 1. The van der Waals surface area contributed by atoms with Gasteiger partial charge >= 0.3 is 12.1 Å². The van der Waals surface area contributed by atoms with Crippen molar-refractivity contribution in [3.63, 3.8) is 0 Å². The zero-order valence-electron chi connectivity index (χ0n) is 8.21. The van der Waals surface area contributed by atoms with Crippen molar-refractivity contribution < 1.29 is 19.4 Å². The van der Waals surface area contributed by atoms with E-state index in [1.165, 1.54) is 7.05 Å². The fourth-order valence-corrected chi connectivity index (χ4v) is 0.935. The summed E-state index contributed by atoms with van der Waals surface area (Å²) in [7, 11) is 1.36. The van der Waals surface area contributed by atoms with Crippen molar-refractivity contribution >= 4 is 12.1 Å². The van der Waals surface area contributed by atoms with Gasteiger partial charge in [0.2, 0.25) is 0 Å². The quantitative estimate of drug-likeness (QED) is 0.812. The minimum atomic E-state index is -1.08. The largest absolute Gasteiger partial charge is 0.480 e. The molecule has 0 radical (unpaired) electrons. The Bertz CT molecular complexity index is 350. The van der Waals surface area contributed by atoms with Gasteiger partial charge in [-0.1, -0.05) is 18.2 Å². The second kappa shape index (κ2) is 4.99. The number of likely N-dealkylation sites (N-methyl/N-ethyl adjacent to an activating group) is 1. The van der Waals surface area contributed by atoms with Crippen LogP contribution in [-0.2, 0) is 4.79 Å². The van der Waals surface area contributed by atoms with Gasteiger partial charge in [-0.3, -0.25) is 9.69 Å². The zero-order valence-corrected chi connectivity index (χ0v) is 8.21. The van der Waals surface area contributed by atoms with Gasteiger partial charge in [-0.25, -0.2) is 4.79 Å². The minimum absolute atomic E-state index is 0.383. The van der Waals surface area contributed by atoms with Crippen molar-refractivity contribution in [3.05, 3.63) is 30.3 Å². The van der Waals surface area contributed by atoms with Crippen LogP contribution in [0.15, 0.2) is 30.3 Å². The third-order valence-electron chi connectivity index (χ3n) is 1.63. The number of ether oxygens (including phenoxy) is 1. The van der Waals surface area contributed by atoms with Crippen molar-refractivity contribution in [3.8, 4) is 5.75 Å². The van der Waals surface area contributed by atoms with Gasteiger partial charge in [0.05, 0.1) is 0 Å². The maximum absolute atomic E-state index is 11.3. The SMILES string of the molecule is CN(CC(=O)O)C(=O)Oc1ccccc1. The maximum Gasteiger partial charge on any atom is 0.415 e. The van der Waals surface area contributed by atoms with E-state index >= 15 is 0 Å². The van der Waals surface area contributed by atoms with Gasteiger partial charge in [0, 0.05) is 7.05 Å². The van der Waals surface area contributed by atoms with Gasteiger partial charge in [0.1, 0.15) is 12.3 Å². The number of aliphatic carboxylic acids is 1. The molecule has 0 heterocycles. The number of amides is 1. The molecule has 0 atom stereocenters. The van der Waals surface area contributed by atoms with E-state index in [0.717, 1.165) is 4.90 Å². The highest BCUT2D eigenvalue weighted by molar-refractivity contribution is 5.77. The molecule has 0 spiro atoms. The van der Waals surface area contributed by atoms with Crippen LogP contribution in [0.25, 0.3) is 0 Å². The molecule has 15 heavy (non-hydrogen) atoms. The fraction of sp³-hybridized carbons (Fsp3) is 0.200. The Hall–Kier alpha value is -2.04. The van der Waals surface area contributed by atoms with Crippen LogP contribution in [-0.4, -0.2) is 35.7 Å². The van der Waals surface area contributed by atoms with E-state index in [-0.39, 0.29) is 6.54 Å². The van der Waals surface area contributed by atoms with E-state index in [4.69, 9.17) is 9.84 Å². The second-order valence-corrected chi connectivity index (χ2v) is 2.93. The summed E-state index contributed by atoms with van der Waals surface area (Å²) in [4.78, 5) is 22.6. The maximum atomic E-state index is 11.3. The van der Waals surface area contributed by atoms with E-state index in [2.05, 4.69) is 0 Å². The van der Waals surface area contributed by atoms with E-state index in [0.29, 0.717) is 5.75 Å². The van der Waals surface area contributed by atoms with Crippen molar-refractivity contribution in [1.29, 1.82) is 0 Å². The number of carboxylic acid groups (broad SMARTS) is 1. The van der Waals surface area contributed by atoms with Crippen LogP contribution in [0, 0.1) is 0 Å². The van der Waals surface area contributed by atoms with Crippen LogP contribution in [0.2, 0.25) is 0 Å². The predicted molar refractivity (Wildman–Crippen MR) is 52.7 cm³/mol. The highest BCUT2D eigenvalue weighted by Crippen LogP contribution is 2.09. The molecule has 0 aromatic heterocycles. The molecule has 5 nitrogen and oxygen atoms in total. The van der Waals surface area contributed by atoms with Crippen molar-refractivity contribution in [2.75, 3.05) is 13.6 Å². The van der Waals surface area contributed by atoms with Gasteiger partial charge in [-0.2, -0.15) is 0 Å². The zero-order chi connectivity index (χ0) is 11.3. The number of carbonyl (C=O) groups is 2. The summed E-state index contributed by atoms with van der Waals surface area (Å²) in [6.07, 6.45) is -0.691. The molecule has 5 heteroatoms. The molecule has 0 unspecified atom stereocenters. The van der Waals surface area contributed by atoms with Crippen LogP contribution in [0.5, 0.6) is 5.75 Å². The number of benzene rings is 1. The van der Waals surface area contributed by atoms with Crippen LogP contribution in [0.3, 0.4) is 0 Å². The van der Waals surface area contributed by atoms with Crippen molar-refractivity contribution in [1.82, 2.24) is 4.90 Å². The Morgan fingerprint density at radius 1 is 1.33 bits per heavy atom. The number of hydrogen-bond donors (Lipinski definition) is 1. The number of carboxylic acids is 1. The molecule has 1 rings (SSSR count). The first-order chi connectivity index (χ1) is 7.09. The smallest absolute Gasteiger partial charge is 0.415 e. The fourth-order valence-electron chi connectivity index (χ4n) is 0.935. The lowest BCUT2D eigenvalue weighted by atomic mass is 10.3. The molecule has 1 aromatic rings. The van der Waals surface area contributed by atoms with Gasteiger partial charge in [0.15, 0.2) is 0 Å². The van der Waals surface area contributed by atoms with E-state index in [1.807, 2.05) is 0 Å². The first-order valence-corrected chi connectivity index (χ1v) is 4.29. The standard InChI is InChI=1S/C10H11NO4/c1-11(7-9(12)13)10(14)15-8-5-3-2-4-6-8/h2-6H,7H2,1H3,(H,12,13). The predicted octanol–water partition coefficient (Wildman–Crippen LogP) is 1.20. The number of hydrogen-bond acceptors (Lipinski definition) is 3. The second-order valence-electron chi connectivity index (χ2n) is 2.93. The molecule has 0 saturated heterocycles. The van der Waals surface area contributed by atoms with Crippen LogP contribution in [0.1, 0.15) is 0 Å². The summed E-state index contributed by atoms with van der Waals surface area (Å²) >= 11 is 0. The Morgan fingerprint density at radius 3 is 2.47 bits per heavy atom. The molecule has 0 bridgehead atoms. The first-order valence-electron chi connectivity index (χ1n) is 4.29. The van der Waals surface area contributed by atoms with Gasteiger partial charge in [-0.15, -0.1) is 0 Å². The summed E-state index contributed by atoms with van der Waals surface area (Å²) in [5.74, 6) is -0.692. The molecule has 0 saturated carbocycles. The lowest BCUT2D eigenvalue weighted by molar-refractivity contribution is -0.137. The highest BCUT2D eigenvalue weighted by Gasteiger charge is 2.13. The molecule has 1 aromatic carbocycles. The highest BCUT2D eigenvalue weighted by atomic mass is 16.6. The van der Waals surface area contributed by atoms with E-state index < -0.39 is 12.1 Å². The molecule has 1 amide bonds. The summed E-state index contributed by atoms with van der Waals surface area (Å²) in [5, 5.41) is 8.45. The van der Waals surface area contributed by atoms with E-state index in [9.17, 15) is 9.59 Å². The van der Waals surface area contributed by atoms with Crippen LogP contribution in [0.4, 0.5) is 4.79 Å². The molecular weight excluding hydrogens is 198 g/mol. The molecule has 0 aliphatic carbocycles. The Labute approximate surface area is 86.9 Å². The normalized spacial score (nSPS) is 9.40. The summed E-state index contributed by atoms with van der Waals surface area (Å²) in [6.45, 7) is -0.383. The van der Waals surface area contributed by atoms with E-state index in [1.54, 1.807) is 30.3 Å². The lowest BCUT2D eigenvalue weighted by Crippen LogP contribution is -2.34. The molecule has 0 aliphatic heterocycles. The number of carbonyl (C=O) groups excluding carboxylic acids is 1. The third-order valence-corrected chi connectivity index (χ3v) is 1.63. The van der Waals surface area contributed by atoms with Crippen molar-refractivity contribution in [2.45, 2.75) is 0 Å². The topological polar surface area (TPSA) is 66.8 Å². The van der Waals surface area contributed by atoms with Crippen molar-refractivity contribution in [2.24, 2.45) is 0 Å². The molecule has 0 fully saturated rings. The first kappa shape index (κ1) is 11.0. The van der Waals surface area contributed by atoms with Gasteiger partial charge in [0.25, 0.3) is 0 Å². The van der Waals surface area contributed by atoms with Gasteiger partial charge in [-0.05, 0) is 12.1 Å². The average molecular weight is 209 g/mol. The van der Waals surface area contributed by atoms with Crippen LogP contribution < -0.4 is 4.74 Å². The molecule has 0 aliphatic rings. The third kappa shape index (κ3) is 3.68. The van der Waals surface area contributed by atoms with Gasteiger partial charge < -0.3 is 9.84 Å². The summed E-state index contributed by atoms with van der Waals surface area (Å²) in [5.41, 5.74) is 0. The molecule has 80 valence electrons. The monoisotopic (exact) mass is 209 g/mol. The summed E-state index contributed by atoms with van der Waals surface area (Å²) in [6, 6.07) is 8.47. The number of nitrogens with zero attached hydrogens (tertiary/aromatic N) is 1. The van der Waals surface area contributed by atoms with Crippen LogP contribution >= 0.6 is 0 Å². The summed E-state index contributed by atoms with van der Waals surface area (Å²) < 4.78 is 4.90. The Kier molecular flexibility index (Phi) is 3.68. The minimum Gasteiger partial charge on any atom is -0.480 e. The molecular formula is C10H11NO4. The Balaban J connectivity index is 2.52. The number of rotatable bonds is 3. The average Bonchev–Trinajstić information content (AvgIpc) is 2.18. The Morgan fingerprint density at radius 2 is 1.93 bits per heavy atom. The lowest BCUT2D eigenvalue weighted by Gasteiger charge is -2.13. The molecule has 1 N–H and O–H groups in total.